The largest absolute Gasteiger partial charge is 0.444 e. The molecule has 6 nitrogen and oxygen atoms in total. The molecule has 2 atom stereocenters. The Morgan fingerprint density at radius 3 is 2.54 bits per heavy atom. The van der Waals surface area contributed by atoms with Crippen LogP contribution in [0.3, 0.4) is 0 Å². The van der Waals surface area contributed by atoms with Crippen molar-refractivity contribution in [2.45, 2.75) is 51.3 Å². The third-order valence-electron chi connectivity index (χ3n) is 5.44. The van der Waals surface area contributed by atoms with Crippen LogP contribution in [-0.4, -0.2) is 52.7 Å². The molecule has 0 radical (unpaired) electrons. The van der Waals surface area contributed by atoms with Gasteiger partial charge in [0, 0.05) is 29.3 Å². The number of fused-ring (bicyclic) bond motifs is 3. The van der Waals surface area contributed by atoms with E-state index in [0.717, 1.165) is 10.8 Å². The van der Waals surface area contributed by atoms with Crippen molar-refractivity contribution < 1.29 is 19.1 Å². The number of amides is 1. The van der Waals surface area contributed by atoms with Crippen LogP contribution in [0.25, 0.3) is 10.8 Å². The van der Waals surface area contributed by atoms with E-state index >= 15 is 0 Å². The highest BCUT2D eigenvalue weighted by atomic mass is 16.6. The predicted octanol–water partition coefficient (Wildman–Crippen LogP) is 3.83. The lowest BCUT2D eigenvalue weighted by atomic mass is 9.80. The van der Waals surface area contributed by atoms with Gasteiger partial charge in [-0.1, -0.05) is 18.2 Å². The fraction of sp³-hybridized carbons (Fsp3) is 0.500. The lowest BCUT2D eigenvalue weighted by Crippen LogP contribution is -2.60. The van der Waals surface area contributed by atoms with Gasteiger partial charge in [0.25, 0.3) is 0 Å². The summed E-state index contributed by atoms with van der Waals surface area (Å²) in [6.07, 6.45) is 4.35. The maximum atomic E-state index is 13.3. The van der Waals surface area contributed by atoms with E-state index in [1.807, 2.05) is 45.0 Å². The lowest BCUT2D eigenvalue weighted by Gasteiger charge is -2.47. The number of benzene rings is 1. The van der Waals surface area contributed by atoms with Crippen molar-refractivity contribution in [1.82, 2.24) is 9.88 Å². The zero-order valence-electron chi connectivity index (χ0n) is 16.6. The van der Waals surface area contributed by atoms with E-state index in [1.54, 1.807) is 17.3 Å². The zero-order valence-corrected chi connectivity index (χ0v) is 16.6. The van der Waals surface area contributed by atoms with Gasteiger partial charge in [-0.25, -0.2) is 4.79 Å². The fourth-order valence-electron chi connectivity index (χ4n) is 4.29. The number of Topliss-reactive ketones (excluding diaryl/α,β-unsaturated/α-hetero) is 1. The molecule has 2 aliphatic rings. The second kappa shape index (κ2) is 7.17. The van der Waals surface area contributed by atoms with Crippen LogP contribution in [0.5, 0.6) is 0 Å². The highest BCUT2D eigenvalue weighted by Gasteiger charge is 2.45. The summed E-state index contributed by atoms with van der Waals surface area (Å²) in [6.45, 7) is 6.47. The molecule has 2 aromatic rings. The minimum atomic E-state index is -0.547. The Morgan fingerprint density at radius 2 is 1.86 bits per heavy atom. The molecule has 0 saturated carbocycles. The van der Waals surface area contributed by atoms with Crippen molar-refractivity contribution in [3.05, 3.63) is 42.2 Å². The van der Waals surface area contributed by atoms with Gasteiger partial charge in [0.1, 0.15) is 5.60 Å². The monoisotopic (exact) mass is 382 g/mol. The van der Waals surface area contributed by atoms with Crippen LogP contribution in [-0.2, 0) is 9.47 Å². The number of hydrogen-bond acceptors (Lipinski definition) is 5. The SMILES string of the molecule is CC(C)(C)OC(=O)N1C2COCC1CC(C(=O)c1cccc3ccncc13)C2. The third kappa shape index (κ3) is 3.61. The first kappa shape index (κ1) is 18.9. The van der Waals surface area contributed by atoms with Gasteiger partial charge in [-0.15, -0.1) is 0 Å². The number of ketones is 1. The molecule has 0 N–H and O–H groups in total. The van der Waals surface area contributed by atoms with Gasteiger partial charge in [-0.05, 0) is 45.1 Å². The summed E-state index contributed by atoms with van der Waals surface area (Å²) in [4.78, 5) is 32.0. The average molecular weight is 382 g/mol. The van der Waals surface area contributed by atoms with Crippen LogP contribution >= 0.6 is 0 Å². The van der Waals surface area contributed by atoms with E-state index in [9.17, 15) is 9.59 Å². The first-order valence-electron chi connectivity index (χ1n) is 9.79. The standard InChI is InChI=1S/C22H26N2O4/c1-22(2,3)28-21(26)24-16-9-15(10-17(24)13-27-12-16)20(25)18-6-4-5-14-7-8-23-11-19(14)18/h4-8,11,15-17H,9-10,12-13H2,1-3H3. The Bertz CT molecular complexity index is 886. The zero-order chi connectivity index (χ0) is 19.9. The number of morpholine rings is 1. The van der Waals surface area contributed by atoms with Crippen molar-refractivity contribution in [1.29, 1.82) is 0 Å². The van der Waals surface area contributed by atoms with Gasteiger partial charge in [0.15, 0.2) is 5.78 Å². The van der Waals surface area contributed by atoms with Gasteiger partial charge in [0.05, 0.1) is 25.3 Å². The molecule has 28 heavy (non-hydrogen) atoms. The van der Waals surface area contributed by atoms with Crippen molar-refractivity contribution in [3.8, 4) is 0 Å². The van der Waals surface area contributed by atoms with Crippen LogP contribution in [0.4, 0.5) is 4.79 Å². The third-order valence-corrected chi connectivity index (χ3v) is 5.44. The molecule has 4 rings (SSSR count). The number of nitrogens with zero attached hydrogens (tertiary/aromatic N) is 2. The number of pyridine rings is 1. The lowest BCUT2D eigenvalue weighted by molar-refractivity contribution is -0.0861. The first-order chi connectivity index (χ1) is 13.3. The van der Waals surface area contributed by atoms with Gasteiger partial charge in [-0.3, -0.25) is 14.7 Å². The van der Waals surface area contributed by atoms with Gasteiger partial charge in [-0.2, -0.15) is 0 Å². The molecule has 3 heterocycles. The van der Waals surface area contributed by atoms with Crippen LogP contribution in [0, 0.1) is 5.92 Å². The van der Waals surface area contributed by atoms with Crippen molar-refractivity contribution >= 4 is 22.6 Å². The molecule has 1 aromatic heterocycles. The molecule has 1 aromatic carbocycles. The summed E-state index contributed by atoms with van der Waals surface area (Å²) in [5, 5.41) is 1.89. The maximum Gasteiger partial charge on any atom is 0.410 e. The summed E-state index contributed by atoms with van der Waals surface area (Å²) in [5.41, 5.74) is 0.162. The number of carbonyl (C=O) groups is 2. The van der Waals surface area contributed by atoms with Crippen LogP contribution in [0.1, 0.15) is 44.0 Å². The second-order valence-corrected chi connectivity index (χ2v) is 8.67. The van der Waals surface area contributed by atoms with E-state index in [-0.39, 0.29) is 29.9 Å². The minimum absolute atomic E-state index is 0.124. The van der Waals surface area contributed by atoms with E-state index < -0.39 is 5.60 Å². The molecule has 2 unspecified atom stereocenters. The van der Waals surface area contributed by atoms with Crippen LogP contribution in [0.2, 0.25) is 0 Å². The molecule has 0 spiro atoms. The van der Waals surface area contributed by atoms with Crippen LogP contribution in [0.15, 0.2) is 36.7 Å². The number of piperidine rings is 1. The van der Waals surface area contributed by atoms with Crippen LogP contribution < -0.4 is 0 Å². The van der Waals surface area contributed by atoms with E-state index in [1.165, 1.54) is 0 Å². The number of rotatable bonds is 2. The van der Waals surface area contributed by atoms with E-state index in [4.69, 9.17) is 9.47 Å². The smallest absolute Gasteiger partial charge is 0.410 e. The predicted molar refractivity (Wildman–Crippen MR) is 105 cm³/mol. The quantitative estimate of drug-likeness (QED) is 0.739. The second-order valence-electron chi connectivity index (χ2n) is 8.67. The molecule has 148 valence electrons. The Labute approximate surface area is 164 Å². The maximum absolute atomic E-state index is 13.3. The molecule has 2 aliphatic heterocycles. The Kier molecular flexibility index (Phi) is 4.83. The summed E-state index contributed by atoms with van der Waals surface area (Å²) in [7, 11) is 0. The summed E-state index contributed by atoms with van der Waals surface area (Å²) >= 11 is 0. The van der Waals surface area contributed by atoms with E-state index in [2.05, 4.69) is 4.98 Å². The Hall–Kier alpha value is -2.47. The van der Waals surface area contributed by atoms with Gasteiger partial charge in [0.2, 0.25) is 0 Å². The summed E-state index contributed by atoms with van der Waals surface area (Å²) < 4.78 is 11.3. The summed E-state index contributed by atoms with van der Waals surface area (Å²) in [6, 6.07) is 7.42. The number of aromatic nitrogens is 1. The molecular weight excluding hydrogens is 356 g/mol. The topological polar surface area (TPSA) is 68.7 Å². The average Bonchev–Trinajstić information content (AvgIpc) is 2.64. The first-order valence-corrected chi connectivity index (χ1v) is 9.79. The number of ether oxygens (including phenoxy) is 2. The van der Waals surface area contributed by atoms with Crippen molar-refractivity contribution in [2.24, 2.45) is 5.92 Å². The molecule has 2 bridgehead atoms. The van der Waals surface area contributed by atoms with Gasteiger partial charge >= 0.3 is 6.09 Å². The highest BCUT2D eigenvalue weighted by molar-refractivity contribution is 6.09. The molecule has 2 fully saturated rings. The Balaban J connectivity index is 1.57. The normalized spacial score (nSPS) is 24.8. The van der Waals surface area contributed by atoms with E-state index in [0.29, 0.717) is 31.6 Å². The number of hydrogen-bond donors (Lipinski definition) is 0. The molecule has 0 aliphatic carbocycles. The van der Waals surface area contributed by atoms with Crippen molar-refractivity contribution in [2.75, 3.05) is 13.2 Å². The molecule has 2 saturated heterocycles. The number of carbonyl (C=O) groups excluding carboxylic acids is 2. The van der Waals surface area contributed by atoms with Gasteiger partial charge < -0.3 is 9.47 Å². The molecular formula is C22H26N2O4. The Morgan fingerprint density at radius 1 is 1.14 bits per heavy atom. The highest BCUT2D eigenvalue weighted by Crippen LogP contribution is 2.35. The molecule has 1 amide bonds. The summed E-state index contributed by atoms with van der Waals surface area (Å²) in [5.74, 6) is -0.0114. The molecule has 6 heteroatoms. The fourth-order valence-corrected chi connectivity index (χ4v) is 4.29. The minimum Gasteiger partial charge on any atom is -0.444 e. The van der Waals surface area contributed by atoms with Crippen molar-refractivity contribution in [3.63, 3.8) is 0 Å².